The summed E-state index contributed by atoms with van der Waals surface area (Å²) in [7, 11) is -3.71. The molecular weight excluding hydrogens is 390 g/mol. The molecule has 0 aliphatic heterocycles. The largest absolute Gasteiger partial charge is 0.484 e. The van der Waals surface area contributed by atoms with E-state index in [1.54, 1.807) is 61.8 Å². The van der Waals surface area contributed by atoms with Crippen molar-refractivity contribution in [3.05, 3.63) is 84.2 Å². The number of hydrogen-bond donors (Lipinski definition) is 2. The van der Waals surface area contributed by atoms with Crippen molar-refractivity contribution in [2.24, 2.45) is 0 Å². The van der Waals surface area contributed by atoms with Gasteiger partial charge in [-0.2, -0.15) is 0 Å². The molecule has 0 fully saturated rings. The number of rotatable bonds is 8. The zero-order chi connectivity index (χ0) is 20.7. The average Bonchev–Trinajstić information content (AvgIpc) is 2.72. The Morgan fingerprint density at radius 3 is 2.55 bits per heavy atom. The third-order valence-electron chi connectivity index (χ3n) is 4.05. The number of aryl methyl sites for hydroxylation is 1. The van der Waals surface area contributed by atoms with E-state index < -0.39 is 10.0 Å². The van der Waals surface area contributed by atoms with Crippen molar-refractivity contribution in [3.8, 4) is 5.75 Å². The van der Waals surface area contributed by atoms with E-state index in [4.69, 9.17) is 4.74 Å². The van der Waals surface area contributed by atoms with Gasteiger partial charge in [0.15, 0.2) is 6.61 Å². The maximum atomic E-state index is 12.5. The third-order valence-corrected chi connectivity index (χ3v) is 5.43. The summed E-state index contributed by atoms with van der Waals surface area (Å²) in [6, 6.07) is 16.8. The number of nitrogens with one attached hydrogen (secondary N) is 2. The minimum atomic E-state index is -3.71. The van der Waals surface area contributed by atoms with Crippen LogP contribution in [0.15, 0.2) is 78.0 Å². The van der Waals surface area contributed by atoms with Crippen LogP contribution in [0, 0.1) is 6.92 Å². The van der Waals surface area contributed by atoms with Crippen LogP contribution in [0.1, 0.15) is 11.1 Å². The first-order chi connectivity index (χ1) is 13.9. The van der Waals surface area contributed by atoms with Crippen molar-refractivity contribution in [2.75, 3.05) is 11.3 Å². The van der Waals surface area contributed by atoms with Crippen molar-refractivity contribution in [2.45, 2.75) is 18.4 Å². The van der Waals surface area contributed by atoms with E-state index in [2.05, 4.69) is 15.0 Å². The molecule has 0 unspecified atom stereocenters. The summed E-state index contributed by atoms with van der Waals surface area (Å²) in [5, 5.41) is 2.74. The Morgan fingerprint density at radius 2 is 1.86 bits per heavy atom. The Kier molecular flexibility index (Phi) is 6.46. The minimum absolute atomic E-state index is 0.118. The molecule has 1 aromatic heterocycles. The van der Waals surface area contributed by atoms with Crippen molar-refractivity contribution in [3.63, 3.8) is 0 Å². The highest BCUT2D eigenvalue weighted by Crippen LogP contribution is 2.23. The predicted octanol–water partition coefficient (Wildman–Crippen LogP) is 2.89. The topological polar surface area (TPSA) is 97.4 Å². The van der Waals surface area contributed by atoms with Gasteiger partial charge in [-0.3, -0.25) is 14.5 Å². The van der Waals surface area contributed by atoms with Crippen LogP contribution in [0.2, 0.25) is 0 Å². The number of anilines is 1. The standard InChI is InChI=1S/C21H21N3O4S/c1-16-12-19(29(26,27)24-18-7-3-2-4-8-18)9-10-20(16)28-15-21(25)23-14-17-6-5-11-22-13-17/h2-13,24H,14-15H2,1H3,(H,23,25). The number of ether oxygens (including phenoxy) is 1. The van der Waals surface area contributed by atoms with E-state index in [0.29, 0.717) is 23.5 Å². The molecule has 2 N–H and O–H groups in total. The number of benzene rings is 2. The quantitative estimate of drug-likeness (QED) is 0.594. The SMILES string of the molecule is Cc1cc(S(=O)(=O)Nc2ccccc2)ccc1OCC(=O)NCc1cccnc1. The normalized spacial score (nSPS) is 10.9. The maximum Gasteiger partial charge on any atom is 0.261 e. The molecule has 0 atom stereocenters. The Labute approximate surface area is 169 Å². The number of nitrogens with zero attached hydrogens (tertiary/aromatic N) is 1. The summed E-state index contributed by atoms with van der Waals surface area (Å²) < 4.78 is 33.1. The molecule has 2 aromatic carbocycles. The van der Waals surface area contributed by atoms with Gasteiger partial charge in [-0.25, -0.2) is 8.42 Å². The lowest BCUT2D eigenvalue weighted by molar-refractivity contribution is -0.123. The third kappa shape index (κ3) is 5.79. The molecule has 0 aliphatic carbocycles. The van der Waals surface area contributed by atoms with Gasteiger partial charge in [-0.1, -0.05) is 24.3 Å². The fourth-order valence-electron chi connectivity index (χ4n) is 2.57. The maximum absolute atomic E-state index is 12.5. The number of pyridine rings is 1. The highest BCUT2D eigenvalue weighted by atomic mass is 32.2. The van der Waals surface area contributed by atoms with Gasteiger partial charge in [0.25, 0.3) is 15.9 Å². The number of aromatic nitrogens is 1. The lowest BCUT2D eigenvalue weighted by Gasteiger charge is -2.12. The van der Waals surface area contributed by atoms with E-state index in [1.807, 2.05) is 6.07 Å². The molecule has 0 bridgehead atoms. The predicted molar refractivity (Wildman–Crippen MR) is 110 cm³/mol. The number of hydrogen-bond acceptors (Lipinski definition) is 5. The number of sulfonamides is 1. The van der Waals surface area contributed by atoms with Crippen molar-refractivity contribution >= 4 is 21.6 Å². The first-order valence-corrected chi connectivity index (χ1v) is 10.4. The summed E-state index contributed by atoms with van der Waals surface area (Å²) >= 11 is 0. The molecule has 0 radical (unpaired) electrons. The summed E-state index contributed by atoms with van der Waals surface area (Å²) in [6.45, 7) is 1.91. The number of amides is 1. The van der Waals surface area contributed by atoms with Crippen LogP contribution in [-0.4, -0.2) is 25.9 Å². The molecule has 0 spiro atoms. The smallest absolute Gasteiger partial charge is 0.261 e. The van der Waals surface area contributed by atoms with Crippen LogP contribution in [0.5, 0.6) is 5.75 Å². The van der Waals surface area contributed by atoms with Gasteiger partial charge >= 0.3 is 0 Å². The van der Waals surface area contributed by atoms with Crippen LogP contribution < -0.4 is 14.8 Å². The molecular formula is C21H21N3O4S. The van der Waals surface area contributed by atoms with E-state index >= 15 is 0 Å². The summed E-state index contributed by atoms with van der Waals surface area (Å²) in [5.41, 5.74) is 1.98. The second-order valence-corrected chi connectivity index (χ2v) is 8.01. The van der Waals surface area contributed by atoms with E-state index in [0.717, 1.165) is 5.56 Å². The average molecular weight is 411 g/mol. The lowest BCUT2D eigenvalue weighted by atomic mass is 10.2. The first-order valence-electron chi connectivity index (χ1n) is 8.91. The Morgan fingerprint density at radius 1 is 1.07 bits per heavy atom. The number of carbonyl (C=O) groups excluding carboxylic acids is 1. The second kappa shape index (κ2) is 9.20. The fraction of sp³-hybridized carbons (Fsp3) is 0.143. The van der Waals surface area contributed by atoms with Gasteiger partial charge in [-0.05, 0) is 54.4 Å². The second-order valence-electron chi connectivity index (χ2n) is 6.33. The molecule has 3 rings (SSSR count). The summed E-state index contributed by atoms with van der Waals surface area (Å²) in [5.74, 6) is 0.163. The Hall–Kier alpha value is -3.39. The number of carbonyl (C=O) groups is 1. The van der Waals surface area contributed by atoms with Crippen LogP contribution in [-0.2, 0) is 21.4 Å². The van der Waals surface area contributed by atoms with E-state index in [-0.39, 0.29) is 17.4 Å². The van der Waals surface area contributed by atoms with Gasteiger partial charge in [0, 0.05) is 24.6 Å². The van der Waals surface area contributed by atoms with Gasteiger partial charge in [0.1, 0.15) is 5.75 Å². The molecule has 0 saturated heterocycles. The molecule has 3 aromatic rings. The molecule has 8 heteroatoms. The zero-order valence-electron chi connectivity index (χ0n) is 15.8. The van der Waals surface area contributed by atoms with Gasteiger partial charge in [-0.15, -0.1) is 0 Å². The molecule has 1 heterocycles. The molecule has 0 aliphatic rings. The zero-order valence-corrected chi connectivity index (χ0v) is 16.6. The molecule has 0 saturated carbocycles. The molecule has 7 nitrogen and oxygen atoms in total. The lowest BCUT2D eigenvalue weighted by Crippen LogP contribution is -2.28. The van der Waals surface area contributed by atoms with Crippen LogP contribution in [0.25, 0.3) is 0 Å². The monoisotopic (exact) mass is 411 g/mol. The van der Waals surface area contributed by atoms with Gasteiger partial charge < -0.3 is 10.1 Å². The number of para-hydroxylation sites is 1. The molecule has 29 heavy (non-hydrogen) atoms. The Bertz CT molecular complexity index is 1070. The van der Waals surface area contributed by atoms with E-state index in [1.165, 1.54) is 12.1 Å². The summed E-state index contributed by atoms with van der Waals surface area (Å²) in [4.78, 5) is 16.1. The first kappa shape index (κ1) is 20.3. The minimum Gasteiger partial charge on any atom is -0.484 e. The molecule has 1 amide bonds. The van der Waals surface area contributed by atoms with Crippen molar-refractivity contribution < 1.29 is 17.9 Å². The fourth-order valence-corrected chi connectivity index (χ4v) is 3.71. The van der Waals surface area contributed by atoms with Crippen LogP contribution in [0.4, 0.5) is 5.69 Å². The Balaban J connectivity index is 1.58. The summed E-state index contributed by atoms with van der Waals surface area (Å²) in [6.07, 6.45) is 3.34. The van der Waals surface area contributed by atoms with Crippen molar-refractivity contribution in [1.82, 2.24) is 10.3 Å². The van der Waals surface area contributed by atoms with Gasteiger partial charge in [0.05, 0.1) is 4.90 Å². The van der Waals surface area contributed by atoms with E-state index in [9.17, 15) is 13.2 Å². The highest BCUT2D eigenvalue weighted by Gasteiger charge is 2.16. The van der Waals surface area contributed by atoms with Crippen LogP contribution in [0.3, 0.4) is 0 Å². The molecule has 150 valence electrons. The van der Waals surface area contributed by atoms with Gasteiger partial charge in [0.2, 0.25) is 0 Å². The van der Waals surface area contributed by atoms with Crippen molar-refractivity contribution in [1.29, 1.82) is 0 Å². The highest BCUT2D eigenvalue weighted by molar-refractivity contribution is 7.92. The van der Waals surface area contributed by atoms with Crippen LogP contribution >= 0.6 is 0 Å².